The first-order valence-corrected chi connectivity index (χ1v) is 6.51. The molecule has 92 valence electrons. The van der Waals surface area contributed by atoms with Gasteiger partial charge < -0.3 is 5.32 Å². The van der Waals surface area contributed by atoms with E-state index in [1.165, 1.54) is 16.7 Å². The fraction of sp³-hybridized carbons (Fsp3) is 0.312. The van der Waals surface area contributed by atoms with Crippen molar-refractivity contribution in [3.8, 4) is 0 Å². The summed E-state index contributed by atoms with van der Waals surface area (Å²) in [6, 6.07) is 8.51. The summed E-state index contributed by atoms with van der Waals surface area (Å²) in [6.07, 6.45) is 5.41. The van der Waals surface area contributed by atoms with Gasteiger partial charge in [0.2, 0.25) is 5.91 Å². The molecule has 2 nitrogen and oxygen atoms in total. The second-order valence-electron chi connectivity index (χ2n) is 5.03. The van der Waals surface area contributed by atoms with Crippen LogP contribution >= 0.6 is 0 Å². The molecule has 18 heavy (non-hydrogen) atoms. The summed E-state index contributed by atoms with van der Waals surface area (Å²) >= 11 is 0. The van der Waals surface area contributed by atoms with E-state index in [2.05, 4.69) is 36.2 Å². The number of nitrogens with one attached hydrogen (secondary N) is 1. The van der Waals surface area contributed by atoms with Crippen LogP contribution < -0.4 is 5.32 Å². The molecule has 3 rings (SSSR count). The van der Waals surface area contributed by atoms with Gasteiger partial charge in [-0.25, -0.2) is 0 Å². The lowest BCUT2D eigenvalue weighted by atomic mass is 9.77. The fourth-order valence-electron chi connectivity index (χ4n) is 3.06. The molecule has 1 aliphatic heterocycles. The SMILES string of the molecule is C=CCC1=C2NC(=O)CCC2Cc2ccccc21. The zero-order chi connectivity index (χ0) is 12.5. The first-order chi connectivity index (χ1) is 8.79. The van der Waals surface area contributed by atoms with Gasteiger partial charge in [0.15, 0.2) is 0 Å². The summed E-state index contributed by atoms with van der Waals surface area (Å²) in [5.41, 5.74) is 5.08. The van der Waals surface area contributed by atoms with E-state index in [0.29, 0.717) is 12.3 Å². The quantitative estimate of drug-likeness (QED) is 0.790. The van der Waals surface area contributed by atoms with E-state index in [9.17, 15) is 4.79 Å². The van der Waals surface area contributed by atoms with Crippen molar-refractivity contribution >= 4 is 11.5 Å². The second-order valence-corrected chi connectivity index (χ2v) is 5.03. The zero-order valence-electron chi connectivity index (χ0n) is 10.4. The van der Waals surface area contributed by atoms with Gasteiger partial charge in [-0.3, -0.25) is 4.79 Å². The van der Waals surface area contributed by atoms with Crippen LogP contribution in [-0.2, 0) is 11.2 Å². The van der Waals surface area contributed by atoms with Crippen molar-refractivity contribution in [1.29, 1.82) is 0 Å². The number of benzene rings is 1. The van der Waals surface area contributed by atoms with Gasteiger partial charge in [0, 0.05) is 18.0 Å². The third kappa shape index (κ3) is 1.78. The fourth-order valence-corrected chi connectivity index (χ4v) is 3.06. The van der Waals surface area contributed by atoms with Gasteiger partial charge in [-0.05, 0) is 36.0 Å². The molecule has 1 aliphatic carbocycles. The number of hydrogen-bond acceptors (Lipinski definition) is 1. The monoisotopic (exact) mass is 239 g/mol. The molecule has 1 unspecified atom stereocenters. The summed E-state index contributed by atoms with van der Waals surface area (Å²) in [7, 11) is 0. The minimum absolute atomic E-state index is 0.155. The van der Waals surface area contributed by atoms with Crippen molar-refractivity contribution in [3.05, 3.63) is 53.7 Å². The van der Waals surface area contributed by atoms with Crippen LogP contribution in [0.1, 0.15) is 30.4 Å². The molecular formula is C16H17NO. The van der Waals surface area contributed by atoms with Crippen molar-refractivity contribution in [1.82, 2.24) is 5.32 Å². The maximum Gasteiger partial charge on any atom is 0.224 e. The van der Waals surface area contributed by atoms with Crippen LogP contribution in [0.4, 0.5) is 0 Å². The molecule has 1 amide bonds. The molecule has 1 fully saturated rings. The smallest absolute Gasteiger partial charge is 0.224 e. The molecule has 1 heterocycles. The van der Waals surface area contributed by atoms with Crippen LogP contribution in [0, 0.1) is 5.92 Å². The molecule has 0 radical (unpaired) electrons. The summed E-state index contributed by atoms with van der Waals surface area (Å²) in [5.74, 6) is 0.634. The Balaban J connectivity index is 2.13. The Hall–Kier alpha value is -1.83. The van der Waals surface area contributed by atoms with Crippen molar-refractivity contribution in [2.24, 2.45) is 5.92 Å². The van der Waals surface area contributed by atoms with Gasteiger partial charge in [-0.1, -0.05) is 30.3 Å². The highest BCUT2D eigenvalue weighted by atomic mass is 16.1. The third-order valence-electron chi connectivity index (χ3n) is 3.88. The minimum Gasteiger partial charge on any atom is -0.329 e. The van der Waals surface area contributed by atoms with E-state index in [4.69, 9.17) is 0 Å². The predicted molar refractivity (Wildman–Crippen MR) is 72.7 cm³/mol. The van der Waals surface area contributed by atoms with Crippen LogP contribution in [-0.4, -0.2) is 5.91 Å². The molecule has 2 heteroatoms. The topological polar surface area (TPSA) is 29.1 Å². The first kappa shape index (κ1) is 11.3. The maximum atomic E-state index is 11.6. The lowest BCUT2D eigenvalue weighted by Crippen LogP contribution is -2.36. The average molecular weight is 239 g/mol. The number of rotatable bonds is 2. The lowest BCUT2D eigenvalue weighted by molar-refractivity contribution is -0.121. The number of carbonyl (C=O) groups excluding carboxylic acids is 1. The van der Waals surface area contributed by atoms with Gasteiger partial charge in [-0.2, -0.15) is 0 Å². The molecule has 1 N–H and O–H groups in total. The second kappa shape index (κ2) is 4.45. The van der Waals surface area contributed by atoms with E-state index < -0.39 is 0 Å². The number of carbonyl (C=O) groups is 1. The Kier molecular flexibility index (Phi) is 2.78. The van der Waals surface area contributed by atoms with Crippen molar-refractivity contribution in [2.75, 3.05) is 0 Å². The Morgan fingerprint density at radius 3 is 3.06 bits per heavy atom. The normalized spacial score (nSPS) is 22.0. The largest absolute Gasteiger partial charge is 0.329 e. The van der Waals surface area contributed by atoms with Crippen molar-refractivity contribution in [3.63, 3.8) is 0 Å². The van der Waals surface area contributed by atoms with Gasteiger partial charge in [0.1, 0.15) is 0 Å². The van der Waals surface area contributed by atoms with Crippen LogP contribution in [0.5, 0.6) is 0 Å². The Labute approximate surface area is 107 Å². The third-order valence-corrected chi connectivity index (χ3v) is 3.88. The Morgan fingerprint density at radius 1 is 1.39 bits per heavy atom. The van der Waals surface area contributed by atoms with Crippen LogP contribution in [0.3, 0.4) is 0 Å². The maximum absolute atomic E-state index is 11.6. The van der Waals surface area contributed by atoms with E-state index in [-0.39, 0.29) is 5.91 Å². The van der Waals surface area contributed by atoms with Crippen LogP contribution in [0.15, 0.2) is 42.6 Å². The molecule has 2 aliphatic rings. The summed E-state index contributed by atoms with van der Waals surface area (Å²) in [5, 5.41) is 3.09. The highest BCUT2D eigenvalue weighted by molar-refractivity contribution is 5.84. The molecule has 0 saturated carbocycles. The van der Waals surface area contributed by atoms with Gasteiger partial charge in [0.25, 0.3) is 0 Å². The Morgan fingerprint density at radius 2 is 2.22 bits per heavy atom. The summed E-state index contributed by atoms with van der Waals surface area (Å²) < 4.78 is 0. The number of piperidine rings is 1. The van der Waals surface area contributed by atoms with E-state index >= 15 is 0 Å². The number of hydrogen-bond donors (Lipinski definition) is 1. The number of allylic oxidation sites excluding steroid dienone is 3. The number of fused-ring (bicyclic) bond motifs is 2. The van der Waals surface area contributed by atoms with E-state index in [1.807, 2.05) is 6.08 Å². The zero-order valence-corrected chi connectivity index (χ0v) is 10.4. The summed E-state index contributed by atoms with van der Waals surface area (Å²) in [4.78, 5) is 11.6. The minimum atomic E-state index is 0.155. The van der Waals surface area contributed by atoms with Crippen molar-refractivity contribution < 1.29 is 4.79 Å². The van der Waals surface area contributed by atoms with Crippen LogP contribution in [0.25, 0.3) is 5.57 Å². The van der Waals surface area contributed by atoms with Crippen molar-refractivity contribution in [2.45, 2.75) is 25.7 Å². The molecule has 1 aromatic rings. The molecule has 1 aromatic carbocycles. The molecule has 1 saturated heterocycles. The molecular weight excluding hydrogens is 222 g/mol. The van der Waals surface area contributed by atoms with E-state index in [1.54, 1.807) is 0 Å². The molecule has 0 aromatic heterocycles. The highest BCUT2D eigenvalue weighted by Crippen LogP contribution is 2.39. The number of amides is 1. The molecule has 0 bridgehead atoms. The molecule has 1 atom stereocenters. The van der Waals surface area contributed by atoms with Gasteiger partial charge in [0.05, 0.1) is 0 Å². The molecule has 0 spiro atoms. The predicted octanol–water partition coefficient (Wildman–Crippen LogP) is 3.06. The van der Waals surface area contributed by atoms with E-state index in [0.717, 1.165) is 25.0 Å². The van der Waals surface area contributed by atoms with Gasteiger partial charge >= 0.3 is 0 Å². The Bertz CT molecular complexity index is 542. The first-order valence-electron chi connectivity index (χ1n) is 6.51. The standard InChI is InChI=1S/C16H17NO/c1-2-5-14-13-7-4-3-6-11(13)10-12-8-9-15(18)17-16(12)14/h2-4,6-7,12H,1,5,8-10H2,(H,17,18). The summed E-state index contributed by atoms with van der Waals surface area (Å²) in [6.45, 7) is 3.84. The highest BCUT2D eigenvalue weighted by Gasteiger charge is 2.30. The lowest BCUT2D eigenvalue weighted by Gasteiger charge is -2.33. The van der Waals surface area contributed by atoms with Crippen LogP contribution in [0.2, 0.25) is 0 Å². The average Bonchev–Trinajstić information content (AvgIpc) is 2.39. The van der Waals surface area contributed by atoms with Gasteiger partial charge in [-0.15, -0.1) is 6.58 Å².